The zero-order valence-corrected chi connectivity index (χ0v) is 10.6. The van der Waals surface area contributed by atoms with Crippen molar-refractivity contribution < 1.29 is 17.1 Å². The molecule has 1 saturated heterocycles. The maximum atomic E-state index is 4.94. The Morgan fingerprint density at radius 2 is 1.64 bits per heavy atom. The molecule has 1 aliphatic rings. The molecule has 0 aliphatic carbocycles. The summed E-state index contributed by atoms with van der Waals surface area (Å²) in [6.45, 7) is 2.00. The van der Waals surface area contributed by atoms with Crippen LogP contribution in [0, 0.1) is 0 Å². The summed E-state index contributed by atoms with van der Waals surface area (Å²) < 4.78 is 6.11. The van der Waals surface area contributed by atoms with Crippen molar-refractivity contribution in [3.63, 3.8) is 0 Å². The third-order valence-electron chi connectivity index (χ3n) is 1.96. The van der Waals surface area contributed by atoms with Gasteiger partial charge in [0, 0.05) is 13.2 Å². The molecule has 1 aromatic rings. The predicted molar refractivity (Wildman–Crippen MR) is 56.0 cm³/mol. The fraction of sp³-hybridized carbons (Fsp3) is 0.455. The average molecular weight is 223 g/mol. The Balaban J connectivity index is 0.000000246. The Hall–Kier alpha value is 0.236. The van der Waals surface area contributed by atoms with Gasteiger partial charge in [0.1, 0.15) is 0 Å². The van der Waals surface area contributed by atoms with Gasteiger partial charge in [-0.3, -0.25) is 0 Å². The first-order valence-electron chi connectivity index (χ1n) is 4.84. The van der Waals surface area contributed by atoms with Crippen LogP contribution in [0.4, 0.5) is 0 Å². The van der Waals surface area contributed by atoms with Crippen molar-refractivity contribution in [2.75, 3.05) is 13.2 Å². The van der Waals surface area contributed by atoms with Crippen molar-refractivity contribution >= 4 is 21.7 Å². The second kappa shape index (κ2) is 9.78. The third kappa shape index (κ3) is 6.65. The second-order valence-corrected chi connectivity index (χ2v) is 3.56. The molecule has 0 N–H and O–H groups in total. The van der Waals surface area contributed by atoms with E-state index in [4.69, 9.17) is 4.74 Å². The first-order valence-corrected chi connectivity index (χ1v) is 5.84. The molecule has 1 nitrogen and oxygen atoms in total. The van der Waals surface area contributed by atoms with Crippen molar-refractivity contribution in [2.24, 2.45) is 0 Å². The van der Waals surface area contributed by atoms with Crippen molar-refractivity contribution in [3.8, 4) is 0 Å². The van der Waals surface area contributed by atoms with Gasteiger partial charge in [0.05, 0.1) is 0 Å². The Kier molecular flexibility index (Phi) is 9.94. The summed E-state index contributed by atoms with van der Waals surface area (Å²) in [5.74, 6) is 0. The first kappa shape index (κ1) is 14.2. The van der Waals surface area contributed by atoms with Crippen LogP contribution in [-0.4, -0.2) is 34.9 Å². The molecule has 0 saturated carbocycles. The fourth-order valence-electron chi connectivity index (χ4n) is 1.15. The molecule has 1 fully saturated rings. The van der Waals surface area contributed by atoms with Gasteiger partial charge in [-0.15, -0.1) is 0 Å². The molecule has 74 valence electrons. The summed E-state index contributed by atoms with van der Waals surface area (Å²) in [5.41, 5.74) is 1.42. The van der Waals surface area contributed by atoms with Gasteiger partial charge in [0.15, 0.2) is 0 Å². The molecule has 0 bridgehead atoms. The summed E-state index contributed by atoms with van der Waals surface area (Å²) in [7, 11) is 0. The maximum absolute atomic E-state index is 4.94. The summed E-state index contributed by atoms with van der Waals surface area (Å²) in [4.78, 5) is 0. The van der Waals surface area contributed by atoms with Gasteiger partial charge in [-0.05, 0) is 12.8 Å². The minimum absolute atomic E-state index is 0. The standard InChI is InChI=1S/C7H7.C4H8O.ClH.Mg/c1-7-5-3-2-4-6-7;1-2-4-5-3-1;;/h2-6H,1H2;1-4H2;1H;/q;;;+1/p-1. The molecular formula is C11H15ClMgO. The number of rotatable bonds is 1. The van der Waals surface area contributed by atoms with Gasteiger partial charge in [0.2, 0.25) is 0 Å². The van der Waals surface area contributed by atoms with E-state index in [1.54, 1.807) is 0 Å². The zero-order chi connectivity index (χ0) is 9.36. The SMILES string of the molecule is C1CCOC1.[Cl-].[Mg+][CH2]c1ccccc1. The van der Waals surface area contributed by atoms with E-state index in [0.717, 1.165) is 13.2 Å². The Morgan fingerprint density at radius 1 is 1.07 bits per heavy atom. The van der Waals surface area contributed by atoms with Crippen LogP contribution in [0.2, 0.25) is 0 Å². The van der Waals surface area contributed by atoms with Crippen molar-refractivity contribution in [2.45, 2.75) is 17.4 Å². The van der Waals surface area contributed by atoms with E-state index in [2.05, 4.69) is 24.3 Å². The van der Waals surface area contributed by atoms with Crippen LogP contribution in [0.3, 0.4) is 0 Å². The molecule has 0 atom stereocenters. The van der Waals surface area contributed by atoms with E-state index in [1.807, 2.05) is 27.8 Å². The van der Waals surface area contributed by atoms with Gasteiger partial charge >= 0.3 is 62.2 Å². The minimum atomic E-state index is 0. The summed E-state index contributed by atoms with van der Waals surface area (Å²) >= 11 is 1.98. The zero-order valence-electron chi connectivity index (χ0n) is 8.42. The van der Waals surface area contributed by atoms with Crippen LogP contribution in [0.25, 0.3) is 0 Å². The molecule has 1 aromatic carbocycles. The van der Waals surface area contributed by atoms with E-state index in [9.17, 15) is 0 Å². The summed E-state index contributed by atoms with van der Waals surface area (Å²) in [6.07, 6.45) is 2.56. The van der Waals surface area contributed by atoms with Crippen LogP contribution in [0.15, 0.2) is 30.3 Å². The second-order valence-electron chi connectivity index (χ2n) is 3.06. The molecular weight excluding hydrogens is 208 g/mol. The molecule has 0 unspecified atom stereocenters. The molecule has 0 amide bonds. The topological polar surface area (TPSA) is 9.23 Å². The number of hydrogen-bond donors (Lipinski definition) is 0. The molecule has 3 heteroatoms. The van der Waals surface area contributed by atoms with Gasteiger partial charge in [-0.2, -0.15) is 0 Å². The number of halogens is 1. The third-order valence-corrected chi connectivity index (χ3v) is 2.54. The first-order chi connectivity index (χ1) is 6.43. The molecule has 0 aromatic heterocycles. The van der Waals surface area contributed by atoms with Gasteiger partial charge in [-0.1, -0.05) is 0 Å². The van der Waals surface area contributed by atoms with Gasteiger partial charge < -0.3 is 17.1 Å². The molecule has 0 radical (unpaired) electrons. The van der Waals surface area contributed by atoms with Crippen LogP contribution in [0.5, 0.6) is 0 Å². The molecule has 1 aliphatic heterocycles. The summed E-state index contributed by atoms with van der Waals surface area (Å²) in [5, 5.41) is 0. The molecule has 1 heterocycles. The van der Waals surface area contributed by atoms with Crippen LogP contribution >= 0.6 is 0 Å². The molecule has 0 spiro atoms. The van der Waals surface area contributed by atoms with Gasteiger partial charge in [0.25, 0.3) is 0 Å². The average Bonchev–Trinajstić information content (AvgIpc) is 2.77. The van der Waals surface area contributed by atoms with Crippen molar-refractivity contribution in [3.05, 3.63) is 35.9 Å². The van der Waals surface area contributed by atoms with Crippen LogP contribution in [0.1, 0.15) is 18.4 Å². The number of benzene rings is 1. The van der Waals surface area contributed by atoms with E-state index < -0.39 is 0 Å². The Bertz CT molecular complexity index is 204. The van der Waals surface area contributed by atoms with Crippen LogP contribution in [-0.2, 0) is 9.29 Å². The van der Waals surface area contributed by atoms with E-state index >= 15 is 0 Å². The Morgan fingerprint density at radius 3 is 1.93 bits per heavy atom. The van der Waals surface area contributed by atoms with E-state index in [-0.39, 0.29) is 12.4 Å². The van der Waals surface area contributed by atoms with Crippen molar-refractivity contribution in [1.82, 2.24) is 0 Å². The monoisotopic (exact) mass is 222 g/mol. The Labute approximate surface area is 105 Å². The summed E-state index contributed by atoms with van der Waals surface area (Å²) in [6, 6.07) is 10.5. The van der Waals surface area contributed by atoms with E-state index in [1.165, 1.54) is 23.0 Å². The number of ether oxygens (including phenoxy) is 1. The fourth-order valence-corrected chi connectivity index (χ4v) is 1.49. The molecule has 2 rings (SSSR count). The predicted octanol–water partition coefficient (Wildman–Crippen LogP) is -0.844. The van der Waals surface area contributed by atoms with Crippen LogP contribution < -0.4 is 12.4 Å². The van der Waals surface area contributed by atoms with Gasteiger partial charge in [-0.25, -0.2) is 0 Å². The van der Waals surface area contributed by atoms with Crippen molar-refractivity contribution in [1.29, 1.82) is 0 Å². The molecule has 14 heavy (non-hydrogen) atoms. The quantitative estimate of drug-likeness (QED) is 0.564. The number of hydrogen-bond acceptors (Lipinski definition) is 1. The van der Waals surface area contributed by atoms with E-state index in [0.29, 0.717) is 0 Å². The normalized spacial score (nSPS) is 13.9.